The molecule has 0 N–H and O–H groups in total. The summed E-state index contributed by atoms with van der Waals surface area (Å²) < 4.78 is 2.46. The Hall–Kier alpha value is -6.30. The van der Waals surface area contributed by atoms with Crippen molar-refractivity contribution < 1.29 is 0 Å². The van der Waals surface area contributed by atoms with Crippen LogP contribution in [0.4, 0.5) is 0 Å². The van der Waals surface area contributed by atoms with E-state index in [1.807, 2.05) is 72.8 Å². The van der Waals surface area contributed by atoms with Crippen LogP contribution in [0.5, 0.6) is 0 Å². The molecule has 0 aliphatic carbocycles. The highest BCUT2D eigenvalue weighted by Crippen LogP contribution is 2.39. The summed E-state index contributed by atoms with van der Waals surface area (Å²) in [7, 11) is 0. The van der Waals surface area contributed by atoms with Crippen molar-refractivity contribution in [1.29, 1.82) is 0 Å². The summed E-state index contributed by atoms with van der Waals surface area (Å²) in [6, 6.07) is 58.5. The summed E-state index contributed by atoms with van der Waals surface area (Å²) in [5.74, 6) is 1.42. The molecule has 3 heterocycles. The van der Waals surface area contributed by atoms with Gasteiger partial charge in [-0.3, -0.25) is 0 Å². The highest BCUT2D eigenvalue weighted by atomic mass is 32.1. The van der Waals surface area contributed by atoms with Crippen LogP contribution in [-0.4, -0.2) is 19.9 Å². The lowest BCUT2D eigenvalue weighted by atomic mass is 10.0. The van der Waals surface area contributed by atoms with Gasteiger partial charge in [-0.05, 0) is 36.4 Å². The van der Waals surface area contributed by atoms with Gasteiger partial charge in [-0.2, -0.15) is 0 Å². The minimum atomic E-state index is 0.710. The summed E-state index contributed by atoms with van der Waals surface area (Å²) in [4.78, 5) is 20.1. The van der Waals surface area contributed by atoms with E-state index in [0.29, 0.717) is 11.6 Å². The molecule has 9 rings (SSSR count). The van der Waals surface area contributed by atoms with Gasteiger partial charge in [-0.15, -0.1) is 11.3 Å². The van der Waals surface area contributed by atoms with Crippen LogP contribution in [0.15, 0.2) is 170 Å². The van der Waals surface area contributed by atoms with E-state index in [1.54, 1.807) is 11.3 Å². The van der Waals surface area contributed by atoms with E-state index in [9.17, 15) is 0 Å². The van der Waals surface area contributed by atoms with Gasteiger partial charge >= 0.3 is 0 Å². The minimum absolute atomic E-state index is 0.710. The molecule has 3 aromatic heterocycles. The molecule has 4 nitrogen and oxygen atoms in total. The molecule has 230 valence electrons. The topological polar surface area (TPSA) is 51.6 Å². The summed E-state index contributed by atoms with van der Waals surface area (Å²) in [5, 5.41) is 2.39. The normalized spacial score (nSPS) is 11.3. The zero-order chi connectivity index (χ0) is 32.6. The van der Waals surface area contributed by atoms with E-state index < -0.39 is 0 Å². The van der Waals surface area contributed by atoms with Crippen LogP contribution in [0.3, 0.4) is 0 Å². The first-order valence-corrected chi connectivity index (χ1v) is 17.0. The van der Waals surface area contributed by atoms with Gasteiger partial charge in [0.25, 0.3) is 0 Å². The Labute approximate surface area is 288 Å². The molecule has 0 amide bonds. The average molecular weight is 645 g/mol. The van der Waals surface area contributed by atoms with Gasteiger partial charge in [0.1, 0.15) is 0 Å². The number of nitrogens with zero attached hydrogens (tertiary/aromatic N) is 4. The molecule has 5 heteroatoms. The van der Waals surface area contributed by atoms with Crippen LogP contribution in [-0.2, 0) is 0 Å². The molecule has 0 aliphatic rings. The largest absolute Gasteiger partial charge is 0.228 e. The highest BCUT2D eigenvalue weighted by Gasteiger charge is 2.15. The van der Waals surface area contributed by atoms with Crippen molar-refractivity contribution in [2.24, 2.45) is 0 Å². The molecule has 0 aliphatic heterocycles. The lowest BCUT2D eigenvalue weighted by Crippen LogP contribution is -1.96. The molecule has 0 atom stereocenters. The average Bonchev–Trinajstić information content (AvgIpc) is 3.56. The Bertz CT molecular complexity index is 2290. The van der Waals surface area contributed by atoms with Crippen molar-refractivity contribution in [3.05, 3.63) is 170 Å². The summed E-state index contributed by atoms with van der Waals surface area (Å²) in [5.41, 5.74) is 9.77. The maximum Gasteiger partial charge on any atom is 0.160 e. The van der Waals surface area contributed by atoms with Gasteiger partial charge in [-0.25, -0.2) is 19.9 Å². The Morgan fingerprint density at radius 1 is 0.286 bits per heavy atom. The summed E-state index contributed by atoms with van der Waals surface area (Å²) in [6.45, 7) is 0. The Balaban J connectivity index is 1.19. The number of hydrogen-bond acceptors (Lipinski definition) is 5. The SMILES string of the molecule is c1ccc(-c2cc(-c3ccc4sc5ccc(-c6cc(-c7ccccc7)nc(-c7ccccc7)n6)cc5c4c3)nc(-c3ccccc3)n2)cc1. The lowest BCUT2D eigenvalue weighted by molar-refractivity contribution is 1.18. The summed E-state index contributed by atoms with van der Waals surface area (Å²) in [6.07, 6.45) is 0. The van der Waals surface area contributed by atoms with Gasteiger partial charge in [0.05, 0.1) is 22.8 Å². The standard InChI is InChI=1S/C44H28N4S/c1-5-13-29(14-6-1)37-27-39(47-43(45-37)31-17-9-3-10-18-31)33-21-23-41-35(25-33)36-26-34(22-24-42(36)49-41)40-28-38(30-15-7-2-8-16-30)46-44(48-40)32-19-11-4-12-20-32/h1-28H. The fourth-order valence-electron chi connectivity index (χ4n) is 6.23. The smallest absolute Gasteiger partial charge is 0.160 e. The van der Waals surface area contributed by atoms with Crippen molar-refractivity contribution in [3.8, 4) is 67.8 Å². The zero-order valence-corrected chi connectivity index (χ0v) is 27.2. The van der Waals surface area contributed by atoms with Gasteiger partial charge in [0.15, 0.2) is 11.6 Å². The van der Waals surface area contributed by atoms with Crippen LogP contribution >= 0.6 is 11.3 Å². The van der Waals surface area contributed by atoms with E-state index in [2.05, 4.69) is 97.1 Å². The van der Waals surface area contributed by atoms with E-state index in [0.717, 1.165) is 56.2 Å². The van der Waals surface area contributed by atoms with Crippen LogP contribution in [0.25, 0.3) is 88.0 Å². The number of aromatic nitrogens is 4. The quantitative estimate of drug-likeness (QED) is 0.181. The van der Waals surface area contributed by atoms with Crippen molar-refractivity contribution in [3.63, 3.8) is 0 Å². The fourth-order valence-corrected chi connectivity index (χ4v) is 7.30. The van der Waals surface area contributed by atoms with Gasteiger partial charge < -0.3 is 0 Å². The third kappa shape index (κ3) is 5.67. The Morgan fingerprint density at radius 3 is 0.980 bits per heavy atom. The van der Waals surface area contributed by atoms with E-state index in [-0.39, 0.29) is 0 Å². The molecule has 49 heavy (non-hydrogen) atoms. The van der Waals surface area contributed by atoms with Crippen molar-refractivity contribution in [2.45, 2.75) is 0 Å². The van der Waals surface area contributed by atoms with Gasteiger partial charge in [-0.1, -0.05) is 133 Å². The maximum atomic E-state index is 5.09. The molecule has 0 spiro atoms. The second kappa shape index (κ2) is 12.4. The van der Waals surface area contributed by atoms with Crippen molar-refractivity contribution >= 4 is 31.5 Å². The number of fused-ring (bicyclic) bond motifs is 3. The van der Waals surface area contributed by atoms with E-state index in [4.69, 9.17) is 19.9 Å². The molecule has 0 bridgehead atoms. The second-order valence-corrected chi connectivity index (χ2v) is 13.0. The number of rotatable bonds is 6. The molecule has 0 fully saturated rings. The van der Waals surface area contributed by atoms with Crippen LogP contribution < -0.4 is 0 Å². The predicted molar refractivity (Wildman–Crippen MR) is 203 cm³/mol. The molecule has 0 saturated carbocycles. The zero-order valence-electron chi connectivity index (χ0n) is 26.4. The number of benzene rings is 6. The Kier molecular flexibility index (Phi) is 7.30. The molecular weight excluding hydrogens is 617 g/mol. The lowest BCUT2D eigenvalue weighted by Gasteiger charge is -2.10. The minimum Gasteiger partial charge on any atom is -0.228 e. The van der Waals surface area contributed by atoms with Crippen molar-refractivity contribution in [2.75, 3.05) is 0 Å². The molecule has 0 saturated heterocycles. The number of hydrogen-bond donors (Lipinski definition) is 0. The monoisotopic (exact) mass is 644 g/mol. The predicted octanol–water partition coefficient (Wildman–Crippen LogP) is 11.6. The first-order valence-electron chi connectivity index (χ1n) is 16.2. The first kappa shape index (κ1) is 28.9. The second-order valence-electron chi connectivity index (χ2n) is 11.9. The summed E-state index contributed by atoms with van der Waals surface area (Å²) >= 11 is 1.80. The fraction of sp³-hybridized carbons (Fsp3) is 0. The van der Waals surface area contributed by atoms with Crippen molar-refractivity contribution in [1.82, 2.24) is 19.9 Å². The first-order chi connectivity index (χ1) is 24.2. The maximum absolute atomic E-state index is 5.09. The van der Waals surface area contributed by atoms with E-state index in [1.165, 1.54) is 20.2 Å². The molecule has 6 aromatic carbocycles. The molecule has 9 aromatic rings. The third-order valence-electron chi connectivity index (χ3n) is 8.72. The van der Waals surface area contributed by atoms with Crippen LogP contribution in [0, 0.1) is 0 Å². The van der Waals surface area contributed by atoms with Gasteiger partial charge in [0.2, 0.25) is 0 Å². The van der Waals surface area contributed by atoms with Crippen LogP contribution in [0.1, 0.15) is 0 Å². The number of thiophene rings is 1. The molecular formula is C44H28N4S. The van der Waals surface area contributed by atoms with Gasteiger partial charge in [0, 0.05) is 53.6 Å². The Morgan fingerprint density at radius 2 is 0.612 bits per heavy atom. The molecule has 0 unspecified atom stereocenters. The van der Waals surface area contributed by atoms with E-state index >= 15 is 0 Å². The highest BCUT2D eigenvalue weighted by molar-refractivity contribution is 7.25. The third-order valence-corrected chi connectivity index (χ3v) is 9.87. The molecule has 0 radical (unpaired) electrons. The van der Waals surface area contributed by atoms with Crippen LogP contribution in [0.2, 0.25) is 0 Å².